The van der Waals surface area contributed by atoms with E-state index < -0.39 is 0 Å². The Morgan fingerprint density at radius 1 is 0.870 bits per heavy atom. The number of hydrogen-bond acceptors (Lipinski definition) is 7. The highest BCUT2D eigenvalue weighted by Gasteiger charge is 2.28. The maximum atomic E-state index is 12.5. The first-order valence-corrected chi connectivity index (χ1v) is 17.3. The van der Waals surface area contributed by atoms with Crippen LogP contribution in [-0.4, -0.2) is 54.5 Å². The van der Waals surface area contributed by atoms with Gasteiger partial charge >= 0.3 is 11.9 Å². The number of piperazine rings is 1. The monoisotopic (exact) mass is 710 g/mol. The fraction of sp³-hybridized carbons (Fsp3) is 0.227. The highest BCUT2D eigenvalue weighted by atomic mass is 16.6. The maximum absolute atomic E-state index is 12.5. The first kappa shape index (κ1) is 39.4. The van der Waals surface area contributed by atoms with Crippen molar-refractivity contribution in [3.8, 4) is 18.2 Å². The average Bonchev–Trinajstić information content (AvgIpc) is 3.60. The van der Waals surface area contributed by atoms with E-state index in [9.17, 15) is 20.6 Å². The molecular weight excluding hydrogens is 673 g/mol. The van der Waals surface area contributed by atoms with Crippen LogP contribution in [-0.2, 0) is 4.74 Å². The van der Waals surface area contributed by atoms with Crippen LogP contribution in [0.5, 0.6) is 0 Å². The van der Waals surface area contributed by atoms with E-state index in [4.69, 9.17) is 23.3 Å². The molecule has 1 heterocycles. The van der Waals surface area contributed by atoms with Crippen LogP contribution in [0.25, 0.3) is 20.8 Å². The minimum atomic E-state index is -0.348. The van der Waals surface area contributed by atoms with Crippen molar-refractivity contribution in [2.24, 2.45) is 0 Å². The second-order valence-corrected chi connectivity index (χ2v) is 12.3. The molecule has 2 aromatic carbocycles. The van der Waals surface area contributed by atoms with E-state index in [1.54, 1.807) is 48.3 Å². The second kappa shape index (κ2) is 19.3. The summed E-state index contributed by atoms with van der Waals surface area (Å²) in [6.07, 6.45) is 11.8. The van der Waals surface area contributed by atoms with E-state index in [1.807, 2.05) is 74.5 Å². The number of nitrogens with one attached hydrogen (secondary N) is 1. The fourth-order valence-corrected chi connectivity index (χ4v) is 6.21. The summed E-state index contributed by atoms with van der Waals surface area (Å²) in [7, 11) is 0. The third-order valence-electron chi connectivity index (χ3n) is 8.90. The molecule has 1 aliphatic carbocycles. The molecule has 1 amide bonds. The van der Waals surface area contributed by atoms with Crippen molar-refractivity contribution >= 4 is 23.1 Å². The molecule has 0 aromatic heterocycles. The van der Waals surface area contributed by atoms with Gasteiger partial charge in [-0.2, -0.15) is 25.5 Å². The lowest BCUT2D eigenvalue weighted by atomic mass is 9.93. The van der Waals surface area contributed by atoms with Gasteiger partial charge in [0.15, 0.2) is 0 Å². The third kappa shape index (κ3) is 9.47. The zero-order valence-corrected chi connectivity index (χ0v) is 30.5. The lowest BCUT2D eigenvalue weighted by molar-refractivity contribution is 0.0873. The number of ether oxygens (including phenoxy) is 1. The average molecular weight is 711 g/mol. The van der Waals surface area contributed by atoms with Crippen molar-refractivity contribution in [3.63, 3.8) is 0 Å². The SMILES string of the molecule is [C-]#[N+]C([N+]#[C-])=C(/C(C#N)=C/C=C/C1=C(N2CCN(C(=O)OCC)CC2)C(=C/C=C/C(=C=N)C(=C(C#N)C#N)c2ccc(C)cc2)/CC1)c1ccc(C)cc1. The number of benzene rings is 2. The Balaban J connectivity index is 1.76. The molecule has 54 heavy (non-hydrogen) atoms. The van der Waals surface area contributed by atoms with E-state index in [2.05, 4.69) is 26.5 Å². The Hall–Kier alpha value is -7.41. The van der Waals surface area contributed by atoms with Crippen molar-refractivity contribution in [2.75, 3.05) is 32.8 Å². The number of aryl methyl sites for hydroxylation is 2. The van der Waals surface area contributed by atoms with Gasteiger partial charge in [-0.05, 0) is 73.9 Å². The zero-order valence-electron chi connectivity index (χ0n) is 30.5. The van der Waals surface area contributed by atoms with Gasteiger partial charge in [0.1, 0.15) is 30.9 Å². The standard InChI is InChI=1S/C44H38N8O2/c1-6-54-44(53)52-25-23-51(24-26-52)42-35(9-7-11-37(27-45)40(39(29-47)30-48)33-17-13-31(2)14-18-33)21-22-36(42)10-8-12-38(28-46)41(43(49-4)50-5)34-19-15-32(3)16-20-34/h7-20,45H,6,21-26H2,1-3H3/b10-8+,11-7+,35-9+,38-12+. The Morgan fingerprint density at radius 3 is 1.98 bits per heavy atom. The minimum absolute atomic E-state index is 0.121. The summed E-state index contributed by atoms with van der Waals surface area (Å²) < 4.78 is 5.22. The molecule has 10 heteroatoms. The van der Waals surface area contributed by atoms with Crippen molar-refractivity contribution in [3.05, 3.63) is 169 Å². The van der Waals surface area contributed by atoms with E-state index in [1.165, 1.54) is 0 Å². The van der Waals surface area contributed by atoms with Gasteiger partial charge in [-0.3, -0.25) is 5.41 Å². The van der Waals surface area contributed by atoms with Crippen molar-refractivity contribution < 1.29 is 9.53 Å². The van der Waals surface area contributed by atoms with Crippen LogP contribution in [0.2, 0.25) is 0 Å². The molecule has 1 aliphatic heterocycles. The first-order chi connectivity index (χ1) is 26.2. The van der Waals surface area contributed by atoms with Crippen LogP contribution in [0.1, 0.15) is 42.0 Å². The van der Waals surface area contributed by atoms with Crippen molar-refractivity contribution in [2.45, 2.75) is 33.6 Å². The molecule has 4 rings (SSSR count). The minimum Gasteiger partial charge on any atom is -0.450 e. The van der Waals surface area contributed by atoms with E-state index >= 15 is 0 Å². The Kier molecular flexibility index (Phi) is 14.0. The summed E-state index contributed by atoms with van der Waals surface area (Å²) >= 11 is 0. The van der Waals surface area contributed by atoms with Crippen LogP contribution in [0.4, 0.5) is 4.79 Å². The van der Waals surface area contributed by atoms with Crippen LogP contribution in [0.3, 0.4) is 0 Å². The number of rotatable bonds is 10. The summed E-state index contributed by atoms with van der Waals surface area (Å²) in [5, 5.41) is 37.7. The van der Waals surface area contributed by atoms with E-state index in [0.29, 0.717) is 62.3 Å². The lowest BCUT2D eigenvalue weighted by Gasteiger charge is -2.37. The molecule has 0 atom stereocenters. The van der Waals surface area contributed by atoms with Gasteiger partial charge in [-0.25, -0.2) is 4.79 Å². The summed E-state index contributed by atoms with van der Waals surface area (Å²) in [5.74, 6) is 2.23. The molecule has 10 nitrogen and oxygen atoms in total. The van der Waals surface area contributed by atoms with E-state index in [0.717, 1.165) is 28.0 Å². The maximum Gasteiger partial charge on any atom is 0.528 e. The third-order valence-corrected chi connectivity index (χ3v) is 8.90. The first-order valence-electron chi connectivity index (χ1n) is 17.3. The van der Waals surface area contributed by atoms with Crippen LogP contribution in [0.15, 0.2) is 124 Å². The molecule has 0 bridgehead atoms. The summed E-state index contributed by atoms with van der Waals surface area (Å²) in [6.45, 7) is 23.2. The number of hydrogen-bond donors (Lipinski definition) is 1. The molecule has 0 spiro atoms. The van der Waals surface area contributed by atoms with Gasteiger partial charge in [0.25, 0.3) is 0 Å². The predicted molar refractivity (Wildman–Crippen MR) is 208 cm³/mol. The second-order valence-electron chi connectivity index (χ2n) is 12.3. The Labute approximate surface area is 317 Å². The molecule has 266 valence electrons. The highest BCUT2D eigenvalue weighted by Crippen LogP contribution is 2.36. The van der Waals surface area contributed by atoms with Gasteiger partial charge in [0, 0.05) is 43.0 Å². The smallest absolute Gasteiger partial charge is 0.450 e. The summed E-state index contributed by atoms with van der Waals surface area (Å²) in [5.41, 5.74) is 7.21. The summed E-state index contributed by atoms with van der Waals surface area (Å²) in [6, 6.07) is 20.8. The van der Waals surface area contributed by atoms with Gasteiger partial charge < -0.3 is 14.5 Å². The van der Waals surface area contributed by atoms with Crippen molar-refractivity contribution in [1.29, 1.82) is 21.2 Å². The Morgan fingerprint density at radius 2 is 1.46 bits per heavy atom. The van der Waals surface area contributed by atoms with Gasteiger partial charge in [-0.1, -0.05) is 84.0 Å². The van der Waals surface area contributed by atoms with Crippen LogP contribution >= 0.6 is 0 Å². The van der Waals surface area contributed by atoms with Crippen molar-refractivity contribution in [1.82, 2.24) is 9.80 Å². The molecule has 1 saturated heterocycles. The van der Waals surface area contributed by atoms with Crippen LogP contribution < -0.4 is 0 Å². The largest absolute Gasteiger partial charge is 0.528 e. The number of allylic oxidation sites excluding steroid dienone is 13. The highest BCUT2D eigenvalue weighted by molar-refractivity contribution is 5.95. The quantitative estimate of drug-likeness (QED) is 0.113. The number of carbonyl (C=O) groups excluding carboxylic acids is 1. The topological polar surface area (TPSA) is 137 Å². The molecule has 1 N–H and O–H groups in total. The Bertz CT molecular complexity index is 2230. The van der Waals surface area contributed by atoms with E-state index in [-0.39, 0.29) is 34.2 Å². The van der Waals surface area contributed by atoms with Crippen LogP contribution in [0, 0.1) is 66.4 Å². The summed E-state index contributed by atoms with van der Waals surface area (Å²) in [4.78, 5) is 23.2. The molecule has 1 fully saturated rings. The fourth-order valence-electron chi connectivity index (χ4n) is 6.21. The molecule has 0 saturated carbocycles. The number of nitrogens with zero attached hydrogens (tertiary/aromatic N) is 7. The normalized spacial score (nSPS) is 14.8. The van der Waals surface area contributed by atoms with Gasteiger partial charge in [0.2, 0.25) is 0 Å². The molecule has 2 aliphatic rings. The zero-order chi connectivity index (χ0) is 39.0. The molecule has 0 unspecified atom stereocenters. The molecule has 0 radical (unpaired) electrons. The predicted octanol–water partition coefficient (Wildman–Crippen LogP) is 8.80. The van der Waals surface area contributed by atoms with Gasteiger partial charge in [0.05, 0.1) is 23.8 Å². The lowest BCUT2D eigenvalue weighted by Crippen LogP contribution is -2.48. The number of carbonyl (C=O) groups is 1. The molecule has 2 aromatic rings. The number of nitriles is 3. The number of amides is 1. The molecular formula is C44H38N8O2. The van der Waals surface area contributed by atoms with Gasteiger partial charge in [-0.15, -0.1) is 0 Å².